The topological polar surface area (TPSA) is 119 Å². The van der Waals surface area contributed by atoms with Gasteiger partial charge in [0.15, 0.2) is 0 Å². The second kappa shape index (κ2) is 9.33. The Hall–Kier alpha value is -3.20. The second-order valence-electron chi connectivity index (χ2n) is 6.36. The number of nitrogens with zero attached hydrogens (tertiary/aromatic N) is 2. The third-order valence-corrected chi connectivity index (χ3v) is 4.73. The van der Waals surface area contributed by atoms with Crippen molar-refractivity contribution in [2.24, 2.45) is 0 Å². The first-order valence-corrected chi connectivity index (χ1v) is 9.16. The number of carbonyl (C=O) groups excluding carboxylic acids is 1. The summed E-state index contributed by atoms with van der Waals surface area (Å²) in [5, 5.41) is 21.2. The Bertz CT molecular complexity index is 889. The average Bonchev–Trinajstić information content (AvgIpc) is 2.67. The number of nitro benzene ring substituents is 1. The maximum atomic E-state index is 12.8. The molecule has 0 saturated heterocycles. The zero-order valence-electron chi connectivity index (χ0n) is 16.8. The summed E-state index contributed by atoms with van der Waals surface area (Å²) in [5.41, 5.74) is 1.08. The van der Waals surface area contributed by atoms with Crippen LogP contribution in [0.3, 0.4) is 0 Å². The van der Waals surface area contributed by atoms with Crippen molar-refractivity contribution in [1.29, 1.82) is 0 Å². The van der Waals surface area contributed by atoms with E-state index in [2.05, 4.69) is 0 Å². The van der Waals surface area contributed by atoms with Crippen LogP contribution in [-0.4, -0.2) is 46.8 Å². The largest absolute Gasteiger partial charge is 0.478 e. The lowest BCUT2D eigenvalue weighted by molar-refractivity contribution is -0.384. The third kappa shape index (κ3) is 4.45. The Morgan fingerprint density at radius 1 is 1.17 bits per heavy atom. The Morgan fingerprint density at radius 2 is 1.83 bits per heavy atom. The minimum absolute atomic E-state index is 0.0566. The van der Waals surface area contributed by atoms with Gasteiger partial charge in [0.25, 0.3) is 5.69 Å². The number of ether oxygens (including phenoxy) is 2. The number of allylic oxidation sites excluding steroid dienone is 2. The summed E-state index contributed by atoms with van der Waals surface area (Å²) in [7, 11) is 0. The van der Waals surface area contributed by atoms with Gasteiger partial charge in [0.2, 0.25) is 0 Å². The van der Waals surface area contributed by atoms with E-state index < -0.39 is 22.8 Å². The number of esters is 1. The molecule has 156 valence electrons. The van der Waals surface area contributed by atoms with Crippen LogP contribution < -0.4 is 0 Å². The molecule has 1 aliphatic rings. The molecule has 9 nitrogen and oxygen atoms in total. The molecule has 1 unspecified atom stereocenters. The van der Waals surface area contributed by atoms with Gasteiger partial charge in [-0.25, -0.2) is 9.59 Å². The first-order valence-electron chi connectivity index (χ1n) is 9.16. The van der Waals surface area contributed by atoms with Crippen LogP contribution in [0.2, 0.25) is 0 Å². The van der Waals surface area contributed by atoms with Gasteiger partial charge in [-0.15, -0.1) is 0 Å². The summed E-state index contributed by atoms with van der Waals surface area (Å²) in [5.74, 6) is -2.91. The normalized spacial score (nSPS) is 16.8. The number of carbonyl (C=O) groups is 2. The lowest BCUT2D eigenvalue weighted by atomic mass is 9.79. The molecule has 0 spiro atoms. The van der Waals surface area contributed by atoms with Crippen molar-refractivity contribution < 1.29 is 29.1 Å². The maximum absolute atomic E-state index is 12.8. The lowest BCUT2D eigenvalue weighted by Crippen LogP contribution is -2.36. The van der Waals surface area contributed by atoms with Crippen LogP contribution >= 0.6 is 0 Å². The number of nitro groups is 1. The Labute approximate surface area is 168 Å². The predicted molar refractivity (Wildman–Crippen MR) is 104 cm³/mol. The molecule has 1 aromatic carbocycles. The minimum atomic E-state index is -1.23. The number of non-ortho nitro benzene ring substituents is 1. The standard InChI is InChI=1S/C20H24N2O7/c1-5-28-11-21-12(3)16(19(23)24)18(17(13(21)4)20(25)29-6-2)14-8-7-9-15(10-14)22(26)27/h7-10,18H,5-6,11H2,1-4H3,(H,23,24). The maximum Gasteiger partial charge on any atom is 0.336 e. The van der Waals surface area contributed by atoms with Gasteiger partial charge >= 0.3 is 11.9 Å². The number of carboxylic acid groups (broad SMARTS) is 1. The molecule has 0 bridgehead atoms. The molecule has 29 heavy (non-hydrogen) atoms. The predicted octanol–water partition coefficient (Wildman–Crippen LogP) is 3.18. The van der Waals surface area contributed by atoms with E-state index in [1.165, 1.54) is 18.2 Å². The molecule has 0 saturated carbocycles. The average molecular weight is 404 g/mol. The van der Waals surface area contributed by atoms with Gasteiger partial charge in [-0.3, -0.25) is 10.1 Å². The summed E-state index contributed by atoms with van der Waals surface area (Å²) in [6, 6.07) is 5.63. The Morgan fingerprint density at radius 3 is 2.38 bits per heavy atom. The van der Waals surface area contributed by atoms with E-state index in [-0.39, 0.29) is 30.2 Å². The van der Waals surface area contributed by atoms with Crippen LogP contribution in [0.15, 0.2) is 46.8 Å². The number of benzene rings is 1. The number of rotatable bonds is 8. The lowest BCUT2D eigenvalue weighted by Gasteiger charge is -2.37. The van der Waals surface area contributed by atoms with Crippen molar-refractivity contribution in [3.05, 3.63) is 62.5 Å². The van der Waals surface area contributed by atoms with Gasteiger partial charge in [0, 0.05) is 30.1 Å². The van der Waals surface area contributed by atoms with Crippen molar-refractivity contribution >= 4 is 17.6 Å². The summed E-state index contributed by atoms with van der Waals surface area (Å²) >= 11 is 0. The highest BCUT2D eigenvalue weighted by Crippen LogP contribution is 2.43. The molecular formula is C20H24N2O7. The van der Waals surface area contributed by atoms with Crippen LogP contribution in [0.5, 0.6) is 0 Å². The van der Waals surface area contributed by atoms with Gasteiger partial charge in [-0.2, -0.15) is 0 Å². The molecule has 0 fully saturated rings. The first-order chi connectivity index (χ1) is 13.7. The summed E-state index contributed by atoms with van der Waals surface area (Å²) < 4.78 is 10.6. The van der Waals surface area contributed by atoms with E-state index in [0.717, 1.165) is 0 Å². The zero-order valence-corrected chi connectivity index (χ0v) is 16.8. The fraction of sp³-hybridized carbons (Fsp3) is 0.400. The fourth-order valence-electron chi connectivity index (χ4n) is 3.38. The van der Waals surface area contributed by atoms with Crippen molar-refractivity contribution in [2.75, 3.05) is 19.9 Å². The van der Waals surface area contributed by atoms with Gasteiger partial charge in [-0.05, 0) is 33.3 Å². The molecular weight excluding hydrogens is 380 g/mol. The highest BCUT2D eigenvalue weighted by Gasteiger charge is 2.40. The zero-order chi connectivity index (χ0) is 21.7. The van der Waals surface area contributed by atoms with Gasteiger partial charge in [0.05, 0.1) is 28.6 Å². The minimum Gasteiger partial charge on any atom is -0.478 e. The smallest absolute Gasteiger partial charge is 0.336 e. The van der Waals surface area contributed by atoms with E-state index in [9.17, 15) is 24.8 Å². The van der Waals surface area contributed by atoms with E-state index in [1.807, 2.05) is 0 Å². The number of carboxylic acids is 1. The number of aliphatic carboxylic acids is 1. The fourth-order valence-corrected chi connectivity index (χ4v) is 3.38. The quantitative estimate of drug-likeness (QED) is 0.399. The van der Waals surface area contributed by atoms with E-state index in [1.54, 1.807) is 38.7 Å². The molecule has 2 rings (SSSR count). The highest BCUT2D eigenvalue weighted by atomic mass is 16.6. The number of hydrogen-bond acceptors (Lipinski definition) is 7. The summed E-state index contributed by atoms with van der Waals surface area (Å²) in [6.45, 7) is 7.33. The van der Waals surface area contributed by atoms with Crippen LogP contribution in [0, 0.1) is 10.1 Å². The first kappa shape index (κ1) is 22.1. The van der Waals surface area contributed by atoms with E-state index >= 15 is 0 Å². The van der Waals surface area contributed by atoms with Crippen LogP contribution in [0.25, 0.3) is 0 Å². The summed E-state index contributed by atoms with van der Waals surface area (Å²) in [4.78, 5) is 37.3. The van der Waals surface area contributed by atoms with Crippen molar-refractivity contribution in [3.8, 4) is 0 Å². The Kier molecular flexibility index (Phi) is 7.11. The Balaban J connectivity index is 2.75. The highest BCUT2D eigenvalue weighted by molar-refractivity contribution is 5.99. The van der Waals surface area contributed by atoms with Crippen molar-refractivity contribution in [1.82, 2.24) is 4.90 Å². The van der Waals surface area contributed by atoms with E-state index in [0.29, 0.717) is 23.6 Å². The van der Waals surface area contributed by atoms with E-state index in [4.69, 9.17) is 9.47 Å². The van der Waals surface area contributed by atoms with Crippen LogP contribution in [0.1, 0.15) is 39.2 Å². The monoisotopic (exact) mass is 404 g/mol. The SMILES string of the molecule is CCOCN1C(C)=C(C(=O)O)C(c2cccc([N+](=O)[O-])c2)C(C(=O)OCC)=C1C. The number of hydrogen-bond donors (Lipinski definition) is 1. The molecule has 1 aliphatic heterocycles. The van der Waals surface area contributed by atoms with Gasteiger partial charge in [-0.1, -0.05) is 12.1 Å². The molecule has 1 heterocycles. The molecule has 9 heteroatoms. The molecule has 1 N–H and O–H groups in total. The van der Waals surface area contributed by atoms with Gasteiger partial charge < -0.3 is 19.5 Å². The molecule has 1 atom stereocenters. The van der Waals surface area contributed by atoms with Crippen molar-refractivity contribution in [2.45, 2.75) is 33.6 Å². The summed E-state index contributed by atoms with van der Waals surface area (Å²) in [6.07, 6.45) is 0. The molecule has 1 aromatic rings. The molecule has 0 aliphatic carbocycles. The van der Waals surface area contributed by atoms with Crippen molar-refractivity contribution in [3.63, 3.8) is 0 Å². The molecule has 0 aromatic heterocycles. The van der Waals surface area contributed by atoms with Crippen LogP contribution in [-0.2, 0) is 19.1 Å². The molecule has 0 amide bonds. The van der Waals surface area contributed by atoms with Crippen LogP contribution in [0.4, 0.5) is 5.69 Å². The third-order valence-electron chi connectivity index (χ3n) is 4.73. The van der Waals surface area contributed by atoms with Gasteiger partial charge in [0.1, 0.15) is 6.73 Å². The second-order valence-corrected chi connectivity index (χ2v) is 6.36. The molecule has 0 radical (unpaired) electrons.